The van der Waals surface area contributed by atoms with Crippen molar-refractivity contribution in [3.8, 4) is 0 Å². The summed E-state index contributed by atoms with van der Waals surface area (Å²) in [7, 11) is -1.72. The molecule has 0 radical (unpaired) electrons. The molecule has 7 heteroatoms. The number of hydrogen-bond acceptors (Lipinski definition) is 4. The summed E-state index contributed by atoms with van der Waals surface area (Å²) in [6, 6.07) is 13.9. The lowest BCUT2D eigenvalue weighted by Gasteiger charge is -2.16. The molecular formula is C18H22N2O4S. The van der Waals surface area contributed by atoms with E-state index in [0.717, 1.165) is 17.4 Å². The Morgan fingerprint density at radius 1 is 1.16 bits per heavy atom. The Morgan fingerprint density at radius 2 is 1.84 bits per heavy atom. The van der Waals surface area contributed by atoms with Crippen LogP contribution in [-0.4, -0.2) is 27.7 Å². The summed E-state index contributed by atoms with van der Waals surface area (Å²) in [6.45, 7) is 2.34. The van der Waals surface area contributed by atoms with Crippen LogP contribution in [0.2, 0.25) is 0 Å². The maximum Gasteiger partial charge on any atom is 0.251 e. The van der Waals surface area contributed by atoms with Crippen molar-refractivity contribution in [2.45, 2.75) is 19.6 Å². The number of sulfonamides is 1. The maximum atomic E-state index is 12.4. The number of carbonyl (C=O) groups is 1. The number of amides is 1. The molecule has 0 aromatic heterocycles. The number of rotatable bonds is 7. The van der Waals surface area contributed by atoms with Gasteiger partial charge in [-0.25, -0.2) is 8.42 Å². The molecule has 2 aromatic rings. The third-order valence-electron chi connectivity index (χ3n) is 3.56. The average molecular weight is 362 g/mol. The summed E-state index contributed by atoms with van der Waals surface area (Å²) in [4.78, 5) is 12.4. The Kier molecular flexibility index (Phi) is 6.17. The van der Waals surface area contributed by atoms with Crippen molar-refractivity contribution >= 4 is 21.6 Å². The van der Waals surface area contributed by atoms with Gasteiger partial charge < -0.3 is 10.1 Å². The van der Waals surface area contributed by atoms with Gasteiger partial charge in [-0.3, -0.25) is 9.52 Å². The molecule has 134 valence electrons. The number of nitrogens with one attached hydrogen (secondary N) is 2. The molecule has 1 amide bonds. The standard InChI is InChI=1S/C18H22N2O4S/c1-13(16-5-4-6-17(11-16)20-25(3,22)23)19-18(21)15-9-7-14(8-10-15)12-24-2/h4-11,13,20H,12H2,1-3H3,(H,19,21)/t13-/m1/s1. The van der Waals surface area contributed by atoms with E-state index >= 15 is 0 Å². The molecule has 2 aromatic carbocycles. The second-order valence-electron chi connectivity index (χ2n) is 5.82. The molecule has 0 saturated heterocycles. The van der Waals surface area contributed by atoms with Crippen LogP contribution >= 0.6 is 0 Å². The lowest BCUT2D eigenvalue weighted by Crippen LogP contribution is -2.26. The number of benzene rings is 2. The lowest BCUT2D eigenvalue weighted by atomic mass is 10.1. The molecule has 0 aliphatic rings. The first-order valence-electron chi connectivity index (χ1n) is 7.75. The SMILES string of the molecule is COCc1ccc(C(=O)N[C@H](C)c2cccc(NS(C)(=O)=O)c2)cc1. The highest BCUT2D eigenvalue weighted by Gasteiger charge is 2.12. The van der Waals surface area contributed by atoms with Crippen molar-refractivity contribution in [3.05, 3.63) is 65.2 Å². The van der Waals surface area contributed by atoms with Crippen molar-refractivity contribution < 1.29 is 17.9 Å². The van der Waals surface area contributed by atoms with E-state index in [2.05, 4.69) is 10.0 Å². The van der Waals surface area contributed by atoms with E-state index in [9.17, 15) is 13.2 Å². The van der Waals surface area contributed by atoms with Gasteiger partial charge in [0.25, 0.3) is 5.91 Å². The van der Waals surface area contributed by atoms with Gasteiger partial charge in [0.05, 0.1) is 18.9 Å². The fourth-order valence-corrected chi connectivity index (χ4v) is 2.92. The van der Waals surface area contributed by atoms with Crippen LogP contribution in [0.1, 0.15) is 34.5 Å². The van der Waals surface area contributed by atoms with Crippen LogP contribution in [0.25, 0.3) is 0 Å². The van der Waals surface area contributed by atoms with Crippen LogP contribution in [0.5, 0.6) is 0 Å². The van der Waals surface area contributed by atoms with E-state index in [4.69, 9.17) is 4.74 Å². The van der Waals surface area contributed by atoms with Crippen molar-refractivity contribution in [2.24, 2.45) is 0 Å². The summed E-state index contributed by atoms with van der Waals surface area (Å²) in [5.41, 5.74) is 2.81. The van der Waals surface area contributed by atoms with E-state index in [1.165, 1.54) is 0 Å². The van der Waals surface area contributed by atoms with Crippen LogP contribution in [-0.2, 0) is 21.4 Å². The van der Waals surface area contributed by atoms with Crippen molar-refractivity contribution in [3.63, 3.8) is 0 Å². The van der Waals surface area contributed by atoms with E-state index in [1.807, 2.05) is 25.1 Å². The van der Waals surface area contributed by atoms with E-state index in [-0.39, 0.29) is 11.9 Å². The predicted molar refractivity (Wildman–Crippen MR) is 97.9 cm³/mol. The van der Waals surface area contributed by atoms with Crippen LogP contribution in [0.15, 0.2) is 48.5 Å². The van der Waals surface area contributed by atoms with Gasteiger partial charge >= 0.3 is 0 Å². The number of anilines is 1. The van der Waals surface area contributed by atoms with Crippen LogP contribution in [0.4, 0.5) is 5.69 Å². The molecule has 0 aliphatic heterocycles. The minimum absolute atomic E-state index is 0.196. The predicted octanol–water partition coefficient (Wildman–Crippen LogP) is 2.70. The molecule has 0 unspecified atom stereocenters. The number of carbonyl (C=O) groups excluding carboxylic acids is 1. The zero-order chi connectivity index (χ0) is 18.4. The average Bonchev–Trinajstić information content (AvgIpc) is 2.54. The molecule has 1 atom stereocenters. The van der Waals surface area contributed by atoms with Gasteiger partial charge in [0.2, 0.25) is 10.0 Å². The summed E-state index contributed by atoms with van der Waals surface area (Å²) >= 11 is 0. The monoisotopic (exact) mass is 362 g/mol. The van der Waals surface area contributed by atoms with Crippen LogP contribution in [0.3, 0.4) is 0 Å². The molecule has 0 bridgehead atoms. The van der Waals surface area contributed by atoms with Gasteiger partial charge in [-0.2, -0.15) is 0 Å². The third-order valence-corrected chi connectivity index (χ3v) is 4.17. The zero-order valence-corrected chi connectivity index (χ0v) is 15.3. The van der Waals surface area contributed by atoms with Gasteiger partial charge in [0, 0.05) is 18.4 Å². The Labute approximate surface area is 148 Å². The van der Waals surface area contributed by atoms with Crippen LogP contribution in [0, 0.1) is 0 Å². The van der Waals surface area contributed by atoms with Gasteiger partial charge in [-0.05, 0) is 42.3 Å². The first-order valence-corrected chi connectivity index (χ1v) is 9.64. The Balaban J connectivity index is 2.07. The Morgan fingerprint density at radius 3 is 2.44 bits per heavy atom. The molecule has 6 nitrogen and oxygen atoms in total. The minimum atomic E-state index is -3.34. The van der Waals surface area contributed by atoms with Crippen molar-refractivity contribution in [1.82, 2.24) is 5.32 Å². The summed E-state index contributed by atoms with van der Waals surface area (Å²) in [6.07, 6.45) is 1.10. The smallest absolute Gasteiger partial charge is 0.251 e. The van der Waals surface area contributed by atoms with Crippen LogP contribution < -0.4 is 10.0 Å². The topological polar surface area (TPSA) is 84.5 Å². The van der Waals surface area contributed by atoms with Gasteiger partial charge in [0.15, 0.2) is 0 Å². The Bertz CT molecular complexity index is 832. The molecule has 25 heavy (non-hydrogen) atoms. The van der Waals surface area contributed by atoms with Gasteiger partial charge in [-0.15, -0.1) is 0 Å². The zero-order valence-electron chi connectivity index (χ0n) is 14.4. The fraction of sp³-hybridized carbons (Fsp3) is 0.278. The van der Waals surface area contributed by atoms with E-state index in [1.54, 1.807) is 37.4 Å². The molecule has 0 aliphatic carbocycles. The van der Waals surface area contributed by atoms with E-state index in [0.29, 0.717) is 17.9 Å². The van der Waals surface area contributed by atoms with Gasteiger partial charge in [0.1, 0.15) is 0 Å². The van der Waals surface area contributed by atoms with Crippen molar-refractivity contribution in [1.29, 1.82) is 0 Å². The first-order chi connectivity index (χ1) is 11.8. The number of methoxy groups -OCH3 is 1. The summed E-state index contributed by atoms with van der Waals surface area (Å²) < 4.78 is 30.1. The molecule has 0 fully saturated rings. The normalized spacial score (nSPS) is 12.4. The third kappa shape index (κ3) is 5.88. The largest absolute Gasteiger partial charge is 0.380 e. The highest BCUT2D eigenvalue weighted by atomic mass is 32.2. The second kappa shape index (κ2) is 8.13. The quantitative estimate of drug-likeness (QED) is 0.793. The summed E-state index contributed by atoms with van der Waals surface area (Å²) in [5.74, 6) is -0.196. The lowest BCUT2D eigenvalue weighted by molar-refractivity contribution is 0.0939. The first kappa shape index (κ1) is 19.0. The molecule has 2 rings (SSSR count). The molecular weight excluding hydrogens is 340 g/mol. The highest BCUT2D eigenvalue weighted by molar-refractivity contribution is 7.92. The summed E-state index contributed by atoms with van der Waals surface area (Å²) in [5, 5.41) is 2.91. The molecule has 2 N–H and O–H groups in total. The second-order valence-corrected chi connectivity index (χ2v) is 7.57. The van der Waals surface area contributed by atoms with Gasteiger partial charge in [-0.1, -0.05) is 24.3 Å². The Hall–Kier alpha value is -2.38. The maximum absolute atomic E-state index is 12.4. The fourth-order valence-electron chi connectivity index (χ4n) is 2.37. The molecule has 0 saturated carbocycles. The highest BCUT2D eigenvalue weighted by Crippen LogP contribution is 2.19. The van der Waals surface area contributed by atoms with E-state index < -0.39 is 10.0 Å². The number of ether oxygens (including phenoxy) is 1. The minimum Gasteiger partial charge on any atom is -0.380 e. The van der Waals surface area contributed by atoms with Crippen molar-refractivity contribution in [2.75, 3.05) is 18.1 Å². The molecule has 0 spiro atoms. The molecule has 0 heterocycles. The number of hydrogen-bond donors (Lipinski definition) is 2.